The van der Waals surface area contributed by atoms with Gasteiger partial charge in [0.25, 0.3) is 0 Å². The van der Waals surface area contributed by atoms with Gasteiger partial charge >= 0.3 is 5.97 Å². The molecule has 3 N–H and O–H groups in total. The van der Waals surface area contributed by atoms with E-state index in [1.165, 1.54) is 23.5 Å². The maximum Gasteiger partial charge on any atom is 0.338 e. The molecule has 1 heterocycles. The van der Waals surface area contributed by atoms with Gasteiger partial charge in [-0.15, -0.1) is 11.3 Å². The number of aliphatic hydroxyl groups excluding tert-OH is 1. The molecule has 4 nitrogen and oxygen atoms in total. The first-order chi connectivity index (χ1) is 7.08. The van der Waals surface area contributed by atoms with E-state index in [0.29, 0.717) is 4.88 Å². The molecule has 1 atom stereocenters. The Bertz CT molecular complexity index is 517. The number of hydrogen-bond acceptors (Lipinski definition) is 4. The molecule has 0 bridgehead atoms. The predicted molar refractivity (Wildman–Crippen MR) is 56.1 cm³/mol. The summed E-state index contributed by atoms with van der Waals surface area (Å²) in [5.74, 6) is -1.15. The molecule has 2 aromatic rings. The van der Waals surface area contributed by atoms with E-state index in [4.69, 9.17) is 5.11 Å². The van der Waals surface area contributed by atoms with E-state index < -0.39 is 12.1 Å². The van der Waals surface area contributed by atoms with E-state index >= 15 is 0 Å². The van der Waals surface area contributed by atoms with E-state index in [2.05, 4.69) is 0 Å². The number of aliphatic carboxylic acids is 1. The summed E-state index contributed by atoms with van der Waals surface area (Å²) in [6, 6.07) is 6.31. The fraction of sp³-hybridized carbons (Fsp3) is 0.100. The van der Waals surface area contributed by atoms with Gasteiger partial charge in [-0.3, -0.25) is 0 Å². The van der Waals surface area contributed by atoms with Gasteiger partial charge in [0.2, 0.25) is 0 Å². The Balaban J connectivity index is 2.51. The zero-order chi connectivity index (χ0) is 11.0. The maximum absolute atomic E-state index is 10.6. The number of hydrogen-bond donors (Lipinski definition) is 3. The van der Waals surface area contributed by atoms with Crippen molar-refractivity contribution in [2.45, 2.75) is 6.10 Å². The molecule has 0 saturated heterocycles. The smallest absolute Gasteiger partial charge is 0.338 e. The average Bonchev–Trinajstić information content (AvgIpc) is 2.58. The lowest BCUT2D eigenvalue weighted by atomic mass is 10.2. The van der Waals surface area contributed by atoms with Gasteiger partial charge in [0, 0.05) is 9.58 Å². The summed E-state index contributed by atoms with van der Waals surface area (Å²) in [7, 11) is 0. The standard InChI is InChI=1S/C10H8O4S/c11-6-1-2-7-5(3-6)4-8(15-7)9(12)10(13)14/h1-4,9,11-12H,(H,13,14). The Labute approximate surface area is 89.0 Å². The monoisotopic (exact) mass is 224 g/mol. The van der Waals surface area contributed by atoms with Crippen molar-refractivity contribution in [1.82, 2.24) is 0 Å². The van der Waals surface area contributed by atoms with E-state index in [-0.39, 0.29) is 5.75 Å². The van der Waals surface area contributed by atoms with Gasteiger partial charge in [-0.25, -0.2) is 4.79 Å². The van der Waals surface area contributed by atoms with Gasteiger partial charge in [-0.2, -0.15) is 0 Å². The Morgan fingerprint density at radius 1 is 1.33 bits per heavy atom. The highest BCUT2D eigenvalue weighted by Gasteiger charge is 2.18. The molecule has 1 aromatic carbocycles. The van der Waals surface area contributed by atoms with Crippen LogP contribution in [0.3, 0.4) is 0 Å². The maximum atomic E-state index is 10.6. The summed E-state index contributed by atoms with van der Waals surface area (Å²) in [5, 5.41) is 27.9. The second-order valence-corrected chi connectivity index (χ2v) is 4.23. The number of carboxylic acid groups (broad SMARTS) is 1. The number of aromatic hydroxyl groups is 1. The number of phenolic OH excluding ortho intramolecular Hbond substituents is 1. The van der Waals surface area contributed by atoms with Gasteiger partial charge in [0.1, 0.15) is 5.75 Å². The highest BCUT2D eigenvalue weighted by molar-refractivity contribution is 7.19. The van der Waals surface area contributed by atoms with Crippen molar-refractivity contribution < 1.29 is 20.1 Å². The van der Waals surface area contributed by atoms with E-state index in [1.807, 2.05) is 0 Å². The van der Waals surface area contributed by atoms with E-state index in [0.717, 1.165) is 10.1 Å². The first-order valence-electron chi connectivity index (χ1n) is 4.21. The molecule has 78 valence electrons. The molecule has 2 rings (SSSR count). The topological polar surface area (TPSA) is 77.8 Å². The molecule has 0 spiro atoms. The Hall–Kier alpha value is -1.59. The van der Waals surface area contributed by atoms with Crippen LogP contribution in [0.5, 0.6) is 5.75 Å². The molecule has 5 heteroatoms. The zero-order valence-corrected chi connectivity index (χ0v) is 8.36. The van der Waals surface area contributed by atoms with Crippen LogP contribution in [0.4, 0.5) is 0 Å². The predicted octanol–water partition coefficient (Wildman–Crippen LogP) is 1.72. The van der Waals surface area contributed by atoms with Crippen molar-refractivity contribution in [1.29, 1.82) is 0 Å². The SMILES string of the molecule is O=C(O)C(O)c1cc2cc(O)ccc2s1. The zero-order valence-electron chi connectivity index (χ0n) is 7.54. The van der Waals surface area contributed by atoms with Crippen molar-refractivity contribution in [2.24, 2.45) is 0 Å². The molecule has 0 aliphatic rings. The number of phenols is 1. The molecular formula is C10H8O4S. The molecule has 0 aliphatic carbocycles. The summed E-state index contributed by atoms with van der Waals surface area (Å²) in [5.41, 5.74) is 0. The van der Waals surface area contributed by atoms with E-state index in [9.17, 15) is 15.0 Å². The minimum absolute atomic E-state index is 0.122. The number of aliphatic hydroxyl groups is 1. The molecule has 0 amide bonds. The van der Waals surface area contributed by atoms with Gasteiger partial charge < -0.3 is 15.3 Å². The van der Waals surface area contributed by atoms with Gasteiger partial charge in [0.05, 0.1) is 0 Å². The van der Waals surface area contributed by atoms with Crippen LogP contribution in [0.2, 0.25) is 0 Å². The van der Waals surface area contributed by atoms with Crippen LogP contribution in [0.25, 0.3) is 10.1 Å². The van der Waals surface area contributed by atoms with Crippen molar-refractivity contribution in [3.63, 3.8) is 0 Å². The largest absolute Gasteiger partial charge is 0.508 e. The van der Waals surface area contributed by atoms with E-state index in [1.54, 1.807) is 12.1 Å². The van der Waals surface area contributed by atoms with Crippen molar-refractivity contribution in [3.05, 3.63) is 29.1 Å². The fourth-order valence-corrected chi connectivity index (χ4v) is 2.33. The van der Waals surface area contributed by atoms with Crippen LogP contribution in [-0.4, -0.2) is 21.3 Å². The molecule has 1 aromatic heterocycles. The average molecular weight is 224 g/mol. The van der Waals surface area contributed by atoms with Gasteiger partial charge in [-0.1, -0.05) is 0 Å². The summed E-state index contributed by atoms with van der Waals surface area (Å²) >= 11 is 1.20. The first kappa shape index (κ1) is 9.95. The Morgan fingerprint density at radius 2 is 2.07 bits per heavy atom. The van der Waals surface area contributed by atoms with Crippen LogP contribution in [0, 0.1) is 0 Å². The Morgan fingerprint density at radius 3 is 2.73 bits per heavy atom. The lowest BCUT2D eigenvalue weighted by Gasteiger charge is -1.99. The Kier molecular flexibility index (Phi) is 2.34. The van der Waals surface area contributed by atoms with Crippen LogP contribution < -0.4 is 0 Å². The number of carboxylic acids is 1. The molecule has 0 aliphatic heterocycles. The van der Waals surface area contributed by atoms with Crippen LogP contribution >= 0.6 is 11.3 Å². The summed E-state index contributed by atoms with van der Waals surface area (Å²) in [6.07, 6.45) is -1.50. The number of rotatable bonds is 2. The quantitative estimate of drug-likeness (QED) is 0.725. The molecule has 0 saturated carbocycles. The highest BCUT2D eigenvalue weighted by Crippen LogP contribution is 2.31. The van der Waals surface area contributed by atoms with Crippen molar-refractivity contribution in [3.8, 4) is 5.75 Å². The van der Waals surface area contributed by atoms with Crippen LogP contribution in [0.1, 0.15) is 11.0 Å². The third-order valence-electron chi connectivity index (χ3n) is 2.02. The highest BCUT2D eigenvalue weighted by atomic mass is 32.1. The molecule has 1 unspecified atom stereocenters. The third-order valence-corrected chi connectivity index (χ3v) is 3.19. The fourth-order valence-electron chi connectivity index (χ4n) is 1.31. The molecular weight excluding hydrogens is 216 g/mol. The second kappa shape index (κ2) is 3.52. The lowest BCUT2D eigenvalue weighted by molar-refractivity contribution is -0.146. The summed E-state index contributed by atoms with van der Waals surface area (Å²) in [6.45, 7) is 0. The van der Waals surface area contributed by atoms with Crippen LogP contribution in [0.15, 0.2) is 24.3 Å². The minimum Gasteiger partial charge on any atom is -0.508 e. The molecule has 0 radical (unpaired) electrons. The number of benzene rings is 1. The third kappa shape index (κ3) is 1.79. The second-order valence-electron chi connectivity index (χ2n) is 3.11. The number of carbonyl (C=O) groups is 1. The normalized spacial score (nSPS) is 12.9. The number of fused-ring (bicyclic) bond motifs is 1. The summed E-state index contributed by atoms with van der Waals surface area (Å²) in [4.78, 5) is 10.9. The molecule has 15 heavy (non-hydrogen) atoms. The minimum atomic E-state index is -1.50. The first-order valence-corrected chi connectivity index (χ1v) is 5.03. The lowest BCUT2D eigenvalue weighted by Crippen LogP contribution is -2.08. The van der Waals surface area contributed by atoms with Gasteiger partial charge in [-0.05, 0) is 29.7 Å². The van der Waals surface area contributed by atoms with Crippen LogP contribution in [-0.2, 0) is 4.79 Å². The van der Waals surface area contributed by atoms with Gasteiger partial charge in [0.15, 0.2) is 6.10 Å². The van der Waals surface area contributed by atoms with Crippen molar-refractivity contribution >= 4 is 27.4 Å². The van der Waals surface area contributed by atoms with Crippen molar-refractivity contribution in [2.75, 3.05) is 0 Å². The summed E-state index contributed by atoms with van der Waals surface area (Å²) < 4.78 is 0.836. The number of thiophene rings is 1. The molecule has 0 fully saturated rings.